The molecular weight excluding hydrogens is 477 g/mol. The molecule has 1 fully saturated rings. The lowest BCUT2D eigenvalue weighted by Crippen LogP contribution is -2.27. The van der Waals surface area contributed by atoms with Crippen LogP contribution in [0.1, 0.15) is 18.1 Å². The van der Waals surface area contributed by atoms with Gasteiger partial charge in [0.2, 0.25) is 0 Å². The van der Waals surface area contributed by atoms with E-state index in [1.54, 1.807) is 25.3 Å². The Balaban J connectivity index is 1.80. The van der Waals surface area contributed by atoms with E-state index in [0.29, 0.717) is 23.0 Å². The standard InChI is InChI=1S/C20H18INO4S/c1-3-26-16-9-6-14(10-17(16)25-2)11-18-19(23)22(20(24)27-18)12-13-4-7-15(21)8-5-13/h4-11H,3,12H2,1-2H3/b18-11+. The predicted octanol–water partition coefficient (Wildman–Crippen LogP) is 4.94. The third-order valence-electron chi connectivity index (χ3n) is 3.91. The average molecular weight is 495 g/mol. The van der Waals surface area contributed by atoms with Crippen molar-refractivity contribution in [3.8, 4) is 11.5 Å². The van der Waals surface area contributed by atoms with Crippen molar-refractivity contribution >= 4 is 51.6 Å². The summed E-state index contributed by atoms with van der Waals surface area (Å²) in [5.74, 6) is 0.948. The van der Waals surface area contributed by atoms with Crippen molar-refractivity contribution < 1.29 is 19.1 Å². The van der Waals surface area contributed by atoms with Crippen molar-refractivity contribution in [1.29, 1.82) is 0 Å². The summed E-state index contributed by atoms with van der Waals surface area (Å²) in [6, 6.07) is 13.2. The first-order valence-corrected chi connectivity index (χ1v) is 10.2. The fourth-order valence-electron chi connectivity index (χ4n) is 2.61. The summed E-state index contributed by atoms with van der Waals surface area (Å²) in [7, 11) is 1.57. The van der Waals surface area contributed by atoms with Crippen molar-refractivity contribution in [2.24, 2.45) is 0 Å². The van der Waals surface area contributed by atoms with E-state index in [1.165, 1.54) is 4.90 Å². The summed E-state index contributed by atoms with van der Waals surface area (Å²) in [6.45, 7) is 2.70. The maximum absolute atomic E-state index is 12.7. The monoisotopic (exact) mass is 495 g/mol. The average Bonchev–Trinajstić information content (AvgIpc) is 2.92. The number of halogens is 1. The normalized spacial score (nSPS) is 15.5. The molecule has 2 amide bonds. The smallest absolute Gasteiger partial charge is 0.293 e. The molecule has 3 rings (SSSR count). The maximum Gasteiger partial charge on any atom is 0.293 e. The molecule has 0 aromatic heterocycles. The number of methoxy groups -OCH3 is 1. The van der Waals surface area contributed by atoms with Gasteiger partial charge in [0.25, 0.3) is 11.1 Å². The summed E-state index contributed by atoms with van der Waals surface area (Å²) in [4.78, 5) is 26.6. The number of rotatable bonds is 6. The van der Waals surface area contributed by atoms with E-state index in [2.05, 4.69) is 22.6 Å². The zero-order valence-corrected chi connectivity index (χ0v) is 17.9. The van der Waals surface area contributed by atoms with Crippen molar-refractivity contribution in [2.45, 2.75) is 13.5 Å². The number of nitrogens with zero attached hydrogens (tertiary/aromatic N) is 1. The van der Waals surface area contributed by atoms with Crippen molar-refractivity contribution in [3.63, 3.8) is 0 Å². The van der Waals surface area contributed by atoms with Crippen LogP contribution in [0.25, 0.3) is 6.08 Å². The largest absolute Gasteiger partial charge is 0.493 e. The zero-order valence-electron chi connectivity index (χ0n) is 14.9. The number of hydrogen-bond acceptors (Lipinski definition) is 5. The molecule has 0 N–H and O–H groups in total. The molecule has 1 aliphatic heterocycles. The van der Waals surface area contributed by atoms with E-state index in [4.69, 9.17) is 9.47 Å². The molecule has 1 aliphatic rings. The molecule has 0 aliphatic carbocycles. The minimum Gasteiger partial charge on any atom is -0.493 e. The van der Waals surface area contributed by atoms with Crippen LogP contribution in [0.4, 0.5) is 4.79 Å². The second kappa shape index (κ2) is 8.79. The van der Waals surface area contributed by atoms with E-state index in [9.17, 15) is 9.59 Å². The maximum atomic E-state index is 12.7. The molecule has 27 heavy (non-hydrogen) atoms. The number of ether oxygens (including phenoxy) is 2. The van der Waals surface area contributed by atoms with Crippen molar-refractivity contribution in [2.75, 3.05) is 13.7 Å². The Morgan fingerprint density at radius 2 is 1.85 bits per heavy atom. The van der Waals surface area contributed by atoms with Gasteiger partial charge in [-0.1, -0.05) is 18.2 Å². The Bertz CT molecular complexity index is 895. The van der Waals surface area contributed by atoms with Crippen LogP contribution in [0.3, 0.4) is 0 Å². The third-order valence-corrected chi connectivity index (χ3v) is 5.54. The van der Waals surface area contributed by atoms with Gasteiger partial charge in [-0.15, -0.1) is 0 Å². The Hall–Kier alpha value is -2.00. The molecule has 0 radical (unpaired) electrons. The van der Waals surface area contributed by atoms with Crippen LogP contribution in [0, 0.1) is 3.57 Å². The lowest BCUT2D eigenvalue weighted by molar-refractivity contribution is -0.123. The van der Waals surface area contributed by atoms with Crippen LogP contribution >= 0.6 is 34.4 Å². The SMILES string of the molecule is CCOc1ccc(/C=C2/SC(=O)N(Cc3ccc(I)cc3)C2=O)cc1OC. The molecule has 0 saturated carbocycles. The highest BCUT2D eigenvalue weighted by Crippen LogP contribution is 2.35. The van der Waals surface area contributed by atoms with Crippen LogP contribution < -0.4 is 9.47 Å². The van der Waals surface area contributed by atoms with Gasteiger partial charge in [-0.3, -0.25) is 14.5 Å². The molecule has 0 unspecified atom stereocenters. The predicted molar refractivity (Wildman–Crippen MR) is 115 cm³/mol. The minimum atomic E-state index is -0.281. The first-order chi connectivity index (χ1) is 13.0. The van der Waals surface area contributed by atoms with Crippen LogP contribution in [0.2, 0.25) is 0 Å². The van der Waals surface area contributed by atoms with Crippen LogP contribution in [-0.4, -0.2) is 29.8 Å². The van der Waals surface area contributed by atoms with Gasteiger partial charge in [-0.25, -0.2) is 0 Å². The summed E-state index contributed by atoms with van der Waals surface area (Å²) in [5.41, 5.74) is 1.69. The lowest BCUT2D eigenvalue weighted by atomic mass is 10.1. The highest BCUT2D eigenvalue weighted by Gasteiger charge is 2.35. The summed E-state index contributed by atoms with van der Waals surface area (Å²) in [6.07, 6.45) is 1.71. The number of hydrogen-bond donors (Lipinski definition) is 0. The summed E-state index contributed by atoms with van der Waals surface area (Å²) >= 11 is 3.17. The second-order valence-corrected chi connectivity index (χ2v) is 7.98. The van der Waals surface area contributed by atoms with Gasteiger partial charge in [-0.05, 0) is 82.7 Å². The Labute approximate surface area is 175 Å². The fraction of sp³-hybridized carbons (Fsp3) is 0.200. The van der Waals surface area contributed by atoms with Crippen molar-refractivity contribution in [1.82, 2.24) is 4.90 Å². The molecule has 2 aromatic carbocycles. The Morgan fingerprint density at radius 1 is 1.11 bits per heavy atom. The van der Waals surface area contributed by atoms with E-state index in [-0.39, 0.29) is 17.7 Å². The molecular formula is C20H18INO4S. The van der Waals surface area contributed by atoms with Gasteiger partial charge in [-0.2, -0.15) is 0 Å². The van der Waals surface area contributed by atoms with E-state index in [1.807, 2.05) is 37.3 Å². The van der Waals surface area contributed by atoms with Crippen LogP contribution in [-0.2, 0) is 11.3 Å². The number of amides is 2. The van der Waals surface area contributed by atoms with Crippen LogP contribution in [0.5, 0.6) is 11.5 Å². The van der Waals surface area contributed by atoms with Gasteiger partial charge in [0.15, 0.2) is 11.5 Å². The van der Waals surface area contributed by atoms with Gasteiger partial charge >= 0.3 is 0 Å². The first-order valence-electron chi connectivity index (χ1n) is 8.32. The number of thioether (sulfide) groups is 1. The van der Waals surface area contributed by atoms with E-state index < -0.39 is 0 Å². The highest BCUT2D eigenvalue weighted by atomic mass is 127. The Kier molecular flexibility index (Phi) is 6.43. The molecule has 0 atom stereocenters. The summed E-state index contributed by atoms with van der Waals surface area (Å²) < 4.78 is 11.9. The van der Waals surface area contributed by atoms with Gasteiger partial charge < -0.3 is 9.47 Å². The second-order valence-electron chi connectivity index (χ2n) is 5.74. The van der Waals surface area contributed by atoms with Crippen LogP contribution in [0.15, 0.2) is 47.4 Å². The quantitative estimate of drug-likeness (QED) is 0.420. The highest BCUT2D eigenvalue weighted by molar-refractivity contribution is 14.1. The zero-order chi connectivity index (χ0) is 19.4. The molecule has 2 aromatic rings. The topological polar surface area (TPSA) is 55.8 Å². The number of carbonyl (C=O) groups is 2. The minimum absolute atomic E-state index is 0.261. The molecule has 5 nitrogen and oxygen atoms in total. The fourth-order valence-corrected chi connectivity index (χ4v) is 3.81. The first kappa shape index (κ1) is 19.8. The molecule has 140 valence electrons. The van der Waals surface area contributed by atoms with Gasteiger partial charge in [0, 0.05) is 3.57 Å². The number of carbonyl (C=O) groups excluding carboxylic acids is 2. The lowest BCUT2D eigenvalue weighted by Gasteiger charge is -2.12. The van der Waals surface area contributed by atoms with Gasteiger partial charge in [0.1, 0.15) is 0 Å². The van der Waals surface area contributed by atoms with Crippen molar-refractivity contribution in [3.05, 3.63) is 62.1 Å². The molecule has 7 heteroatoms. The Morgan fingerprint density at radius 3 is 2.52 bits per heavy atom. The number of imide groups is 1. The van der Waals surface area contributed by atoms with Gasteiger partial charge in [0.05, 0.1) is 25.2 Å². The number of benzene rings is 2. The van der Waals surface area contributed by atoms with E-state index in [0.717, 1.165) is 26.5 Å². The molecule has 1 saturated heterocycles. The molecule has 1 heterocycles. The third kappa shape index (κ3) is 4.65. The van der Waals surface area contributed by atoms with E-state index >= 15 is 0 Å². The summed E-state index contributed by atoms with van der Waals surface area (Å²) in [5, 5.41) is -0.261. The molecule has 0 bridgehead atoms. The molecule has 0 spiro atoms.